The van der Waals surface area contributed by atoms with Crippen molar-refractivity contribution in [2.75, 3.05) is 6.54 Å². The number of hydrogen-bond donors (Lipinski definition) is 1. The van der Waals surface area contributed by atoms with Crippen molar-refractivity contribution in [1.82, 2.24) is 5.32 Å². The van der Waals surface area contributed by atoms with Crippen LogP contribution in [0, 0.1) is 5.92 Å². The Morgan fingerprint density at radius 1 is 1.05 bits per heavy atom. The molecule has 2 rings (SSSR count). The Kier molecular flexibility index (Phi) is 5.62. The van der Waals surface area contributed by atoms with E-state index in [0.29, 0.717) is 6.04 Å². The summed E-state index contributed by atoms with van der Waals surface area (Å²) in [5.41, 5.74) is 1.40. The zero-order chi connectivity index (χ0) is 14.5. The lowest BCUT2D eigenvalue weighted by Gasteiger charge is -2.22. The van der Waals surface area contributed by atoms with Crippen molar-refractivity contribution in [3.8, 4) is 0 Å². The molecule has 1 nitrogen and oxygen atoms in total. The predicted octanol–water partition coefficient (Wildman–Crippen LogP) is 5.69. The molecule has 0 amide bonds. The molecule has 2 atom stereocenters. The fourth-order valence-electron chi connectivity index (χ4n) is 2.60. The number of rotatable bonds is 6. The maximum Gasteiger partial charge on any atom is 0.0322 e. The highest BCUT2D eigenvalue weighted by Crippen LogP contribution is 2.27. The van der Waals surface area contributed by atoms with Gasteiger partial charge in [-0.2, -0.15) is 0 Å². The summed E-state index contributed by atoms with van der Waals surface area (Å²) in [5, 5.41) is 6.24. The van der Waals surface area contributed by atoms with Gasteiger partial charge in [0.2, 0.25) is 0 Å². The van der Waals surface area contributed by atoms with Crippen molar-refractivity contribution in [1.29, 1.82) is 0 Å². The molecule has 0 radical (unpaired) electrons. The van der Waals surface area contributed by atoms with Gasteiger partial charge in [-0.05, 0) is 53.4 Å². The molecule has 0 spiro atoms. The van der Waals surface area contributed by atoms with Gasteiger partial charge in [0.15, 0.2) is 0 Å². The summed E-state index contributed by atoms with van der Waals surface area (Å²) < 4.78 is 1.14. The number of nitrogens with one attached hydrogen (secondary N) is 1. The maximum absolute atomic E-state index is 3.63. The number of benzene rings is 2. The number of hydrogen-bond acceptors (Lipinski definition) is 1. The summed E-state index contributed by atoms with van der Waals surface area (Å²) in [6.45, 7) is 7.80. The number of halogens is 1. The molecular weight excluding hydrogens is 310 g/mol. The lowest BCUT2D eigenvalue weighted by molar-refractivity contribution is 0.408. The van der Waals surface area contributed by atoms with Crippen LogP contribution in [0.3, 0.4) is 0 Å². The van der Waals surface area contributed by atoms with Crippen LogP contribution >= 0.6 is 15.9 Å². The first-order valence-electron chi connectivity index (χ1n) is 7.56. The lowest BCUT2D eigenvalue weighted by atomic mass is 9.93. The third-order valence-corrected chi connectivity index (χ3v) is 4.51. The fourth-order valence-corrected chi connectivity index (χ4v) is 2.98. The van der Waals surface area contributed by atoms with Crippen LogP contribution < -0.4 is 5.32 Å². The Hall–Kier alpha value is -0.860. The predicted molar refractivity (Wildman–Crippen MR) is 92.1 cm³/mol. The first kappa shape index (κ1) is 15.5. The molecule has 0 saturated heterocycles. The van der Waals surface area contributed by atoms with Gasteiger partial charge in [0, 0.05) is 10.5 Å². The molecule has 108 valence electrons. The highest BCUT2D eigenvalue weighted by Gasteiger charge is 2.13. The minimum atomic E-state index is 0.461. The van der Waals surface area contributed by atoms with E-state index in [1.54, 1.807) is 0 Å². The van der Waals surface area contributed by atoms with E-state index in [1.807, 2.05) is 0 Å². The Balaban J connectivity index is 2.30. The SMILES string of the molecule is CCNC(CC(C)CC)c1ccc2cc(Br)ccc2c1. The van der Waals surface area contributed by atoms with Crippen LogP contribution in [-0.4, -0.2) is 6.54 Å². The fraction of sp³-hybridized carbons (Fsp3) is 0.444. The third kappa shape index (κ3) is 3.83. The average molecular weight is 334 g/mol. The van der Waals surface area contributed by atoms with Gasteiger partial charge >= 0.3 is 0 Å². The average Bonchev–Trinajstić information content (AvgIpc) is 2.46. The van der Waals surface area contributed by atoms with E-state index in [0.717, 1.165) is 16.9 Å². The van der Waals surface area contributed by atoms with Crippen molar-refractivity contribution in [3.05, 3.63) is 46.4 Å². The van der Waals surface area contributed by atoms with Crippen molar-refractivity contribution in [3.63, 3.8) is 0 Å². The maximum atomic E-state index is 3.63. The zero-order valence-electron chi connectivity index (χ0n) is 12.6. The van der Waals surface area contributed by atoms with Gasteiger partial charge in [-0.15, -0.1) is 0 Å². The van der Waals surface area contributed by atoms with Crippen molar-refractivity contribution >= 4 is 26.7 Å². The summed E-state index contributed by atoms with van der Waals surface area (Å²) >= 11 is 3.53. The molecule has 0 fully saturated rings. The van der Waals surface area contributed by atoms with Gasteiger partial charge in [0.05, 0.1) is 0 Å². The molecule has 0 bridgehead atoms. The second-order valence-electron chi connectivity index (χ2n) is 5.61. The van der Waals surface area contributed by atoms with E-state index in [4.69, 9.17) is 0 Å². The molecule has 0 heterocycles. The molecule has 0 aliphatic rings. The number of fused-ring (bicyclic) bond motifs is 1. The van der Waals surface area contributed by atoms with Gasteiger partial charge in [-0.1, -0.05) is 61.3 Å². The van der Waals surface area contributed by atoms with E-state index < -0.39 is 0 Å². The minimum absolute atomic E-state index is 0.461. The molecule has 1 N–H and O–H groups in total. The summed E-state index contributed by atoms with van der Waals surface area (Å²) in [5.74, 6) is 0.750. The van der Waals surface area contributed by atoms with Crippen molar-refractivity contribution < 1.29 is 0 Å². The van der Waals surface area contributed by atoms with Crippen LogP contribution in [0.1, 0.15) is 45.2 Å². The monoisotopic (exact) mass is 333 g/mol. The Labute approximate surface area is 130 Å². The van der Waals surface area contributed by atoms with Gasteiger partial charge in [0.25, 0.3) is 0 Å². The van der Waals surface area contributed by atoms with Crippen molar-refractivity contribution in [2.45, 2.75) is 39.7 Å². The van der Waals surface area contributed by atoms with E-state index >= 15 is 0 Å². The van der Waals surface area contributed by atoms with Crippen LogP contribution in [0.5, 0.6) is 0 Å². The molecule has 2 aromatic rings. The summed E-state index contributed by atoms with van der Waals surface area (Å²) in [6.07, 6.45) is 2.44. The third-order valence-electron chi connectivity index (χ3n) is 4.01. The van der Waals surface area contributed by atoms with Crippen LogP contribution in [0.4, 0.5) is 0 Å². The first-order valence-corrected chi connectivity index (χ1v) is 8.36. The lowest BCUT2D eigenvalue weighted by Crippen LogP contribution is -2.22. The Morgan fingerprint density at radius 2 is 1.75 bits per heavy atom. The first-order chi connectivity index (χ1) is 9.63. The highest BCUT2D eigenvalue weighted by molar-refractivity contribution is 9.10. The molecule has 0 aliphatic heterocycles. The van der Waals surface area contributed by atoms with Crippen LogP contribution in [0.15, 0.2) is 40.9 Å². The van der Waals surface area contributed by atoms with Crippen molar-refractivity contribution in [2.24, 2.45) is 5.92 Å². The normalized spacial score (nSPS) is 14.4. The summed E-state index contributed by atoms with van der Waals surface area (Å²) in [4.78, 5) is 0. The molecule has 0 saturated carbocycles. The topological polar surface area (TPSA) is 12.0 Å². The molecular formula is C18H24BrN. The molecule has 0 aliphatic carbocycles. The van der Waals surface area contributed by atoms with Crippen LogP contribution in [0.25, 0.3) is 10.8 Å². The molecule has 20 heavy (non-hydrogen) atoms. The Morgan fingerprint density at radius 3 is 2.45 bits per heavy atom. The molecule has 2 heteroatoms. The molecule has 0 aromatic heterocycles. The van der Waals surface area contributed by atoms with Gasteiger partial charge in [-0.25, -0.2) is 0 Å². The Bertz CT molecular complexity index is 564. The van der Waals surface area contributed by atoms with Crippen LogP contribution in [0.2, 0.25) is 0 Å². The molecule has 2 aromatic carbocycles. The smallest absolute Gasteiger partial charge is 0.0322 e. The van der Waals surface area contributed by atoms with E-state index in [-0.39, 0.29) is 0 Å². The summed E-state index contributed by atoms with van der Waals surface area (Å²) in [6, 6.07) is 13.8. The second kappa shape index (κ2) is 7.24. The van der Waals surface area contributed by atoms with E-state index in [2.05, 4.69) is 78.4 Å². The van der Waals surface area contributed by atoms with E-state index in [9.17, 15) is 0 Å². The minimum Gasteiger partial charge on any atom is -0.310 e. The zero-order valence-corrected chi connectivity index (χ0v) is 14.2. The second-order valence-corrected chi connectivity index (χ2v) is 6.53. The van der Waals surface area contributed by atoms with Gasteiger partial charge in [-0.3, -0.25) is 0 Å². The van der Waals surface area contributed by atoms with Crippen LogP contribution in [-0.2, 0) is 0 Å². The standard InChI is InChI=1S/C18H24BrN/c1-4-13(3)10-18(20-5-2)16-7-6-15-12-17(19)9-8-14(15)11-16/h6-9,11-13,18,20H,4-5,10H2,1-3H3. The summed E-state index contributed by atoms with van der Waals surface area (Å²) in [7, 11) is 0. The van der Waals surface area contributed by atoms with Gasteiger partial charge < -0.3 is 5.32 Å². The largest absolute Gasteiger partial charge is 0.310 e. The quantitative estimate of drug-likeness (QED) is 0.716. The highest BCUT2D eigenvalue weighted by atomic mass is 79.9. The molecule has 2 unspecified atom stereocenters. The van der Waals surface area contributed by atoms with E-state index in [1.165, 1.54) is 29.2 Å². The van der Waals surface area contributed by atoms with Gasteiger partial charge in [0.1, 0.15) is 0 Å².